The molecule has 20 heavy (non-hydrogen) atoms. The van der Waals surface area contributed by atoms with Gasteiger partial charge in [-0.3, -0.25) is 4.79 Å². The van der Waals surface area contributed by atoms with E-state index < -0.39 is 0 Å². The first-order chi connectivity index (χ1) is 9.74. The van der Waals surface area contributed by atoms with Crippen LogP contribution in [-0.2, 0) is 11.2 Å². The van der Waals surface area contributed by atoms with Gasteiger partial charge in [-0.25, -0.2) is 0 Å². The molecular weight excluding hydrogens is 268 g/mol. The summed E-state index contributed by atoms with van der Waals surface area (Å²) in [5, 5.41) is 2.08. The van der Waals surface area contributed by atoms with E-state index in [4.69, 9.17) is 5.73 Å². The highest BCUT2D eigenvalue weighted by Crippen LogP contribution is 2.34. The number of nitrogen functional groups attached to an aromatic ring is 1. The van der Waals surface area contributed by atoms with Gasteiger partial charge in [0.15, 0.2) is 0 Å². The van der Waals surface area contributed by atoms with Crippen molar-refractivity contribution >= 4 is 22.9 Å². The van der Waals surface area contributed by atoms with Gasteiger partial charge in [-0.15, -0.1) is 11.3 Å². The second-order valence-electron chi connectivity index (χ2n) is 5.18. The van der Waals surface area contributed by atoms with E-state index >= 15 is 0 Å². The topological polar surface area (TPSA) is 46.3 Å². The number of hydrogen-bond acceptors (Lipinski definition) is 3. The minimum atomic E-state index is 0.214. The van der Waals surface area contributed by atoms with E-state index in [1.807, 2.05) is 29.2 Å². The minimum Gasteiger partial charge on any atom is -0.399 e. The van der Waals surface area contributed by atoms with E-state index in [2.05, 4.69) is 17.5 Å². The summed E-state index contributed by atoms with van der Waals surface area (Å²) >= 11 is 1.74. The van der Waals surface area contributed by atoms with Crippen molar-refractivity contribution < 1.29 is 4.79 Å². The van der Waals surface area contributed by atoms with Crippen LogP contribution in [0.25, 0.3) is 0 Å². The molecule has 0 spiro atoms. The number of benzene rings is 1. The Morgan fingerprint density at radius 1 is 1.30 bits per heavy atom. The van der Waals surface area contributed by atoms with Gasteiger partial charge < -0.3 is 10.6 Å². The van der Waals surface area contributed by atoms with E-state index in [0.29, 0.717) is 6.42 Å². The highest BCUT2D eigenvalue weighted by atomic mass is 32.1. The van der Waals surface area contributed by atoms with Crippen molar-refractivity contribution in [3.05, 3.63) is 52.2 Å². The van der Waals surface area contributed by atoms with Crippen molar-refractivity contribution in [1.82, 2.24) is 4.90 Å². The molecule has 4 heteroatoms. The quantitative estimate of drug-likeness (QED) is 0.880. The number of nitrogens with two attached hydrogens (primary N) is 1. The molecule has 1 aromatic carbocycles. The van der Waals surface area contributed by atoms with Crippen LogP contribution in [0.4, 0.5) is 5.69 Å². The number of rotatable bonds is 3. The Labute approximate surface area is 123 Å². The molecule has 1 unspecified atom stereocenters. The lowest BCUT2D eigenvalue weighted by Gasteiger charge is -2.24. The SMILES string of the molecule is Nc1ccc(CC(=O)N2CCCC2c2cccs2)cc1. The fourth-order valence-electron chi connectivity index (χ4n) is 2.75. The third-order valence-corrected chi connectivity index (χ3v) is 4.75. The molecule has 1 aliphatic rings. The zero-order chi connectivity index (χ0) is 13.9. The van der Waals surface area contributed by atoms with Crippen LogP contribution in [-0.4, -0.2) is 17.4 Å². The summed E-state index contributed by atoms with van der Waals surface area (Å²) in [6.07, 6.45) is 2.63. The molecular formula is C16H18N2OS. The van der Waals surface area contributed by atoms with Crippen LogP contribution in [0, 0.1) is 0 Å². The Morgan fingerprint density at radius 2 is 2.10 bits per heavy atom. The Balaban J connectivity index is 1.71. The summed E-state index contributed by atoms with van der Waals surface area (Å²) in [4.78, 5) is 15.8. The van der Waals surface area contributed by atoms with Crippen LogP contribution in [0.2, 0.25) is 0 Å². The fourth-order valence-corrected chi connectivity index (χ4v) is 3.63. The lowest BCUT2D eigenvalue weighted by Crippen LogP contribution is -2.31. The second kappa shape index (κ2) is 5.67. The molecule has 0 bridgehead atoms. The summed E-state index contributed by atoms with van der Waals surface area (Å²) in [7, 11) is 0. The first-order valence-electron chi connectivity index (χ1n) is 6.91. The number of likely N-dealkylation sites (tertiary alicyclic amines) is 1. The molecule has 2 heterocycles. The van der Waals surface area contributed by atoms with Crippen LogP contribution < -0.4 is 5.73 Å². The zero-order valence-corrected chi connectivity index (χ0v) is 12.1. The molecule has 0 aliphatic carbocycles. The molecule has 3 rings (SSSR count). The Morgan fingerprint density at radius 3 is 2.80 bits per heavy atom. The lowest BCUT2D eigenvalue weighted by atomic mass is 10.1. The highest BCUT2D eigenvalue weighted by Gasteiger charge is 2.30. The van der Waals surface area contributed by atoms with Gasteiger partial charge in [0.25, 0.3) is 0 Å². The van der Waals surface area contributed by atoms with Crippen molar-refractivity contribution in [2.45, 2.75) is 25.3 Å². The van der Waals surface area contributed by atoms with Crippen LogP contribution in [0.15, 0.2) is 41.8 Å². The molecule has 1 saturated heterocycles. The number of amides is 1. The van der Waals surface area contributed by atoms with E-state index in [9.17, 15) is 4.79 Å². The Hall–Kier alpha value is -1.81. The maximum atomic E-state index is 12.5. The van der Waals surface area contributed by atoms with Gasteiger partial charge in [0.1, 0.15) is 0 Å². The number of carbonyl (C=O) groups excluding carboxylic acids is 1. The smallest absolute Gasteiger partial charge is 0.227 e. The molecule has 1 atom stereocenters. The van der Waals surface area contributed by atoms with Gasteiger partial charge in [0.2, 0.25) is 5.91 Å². The normalized spacial score (nSPS) is 18.4. The third-order valence-electron chi connectivity index (χ3n) is 3.78. The van der Waals surface area contributed by atoms with E-state index in [1.165, 1.54) is 4.88 Å². The lowest BCUT2D eigenvalue weighted by molar-refractivity contribution is -0.131. The van der Waals surface area contributed by atoms with Crippen LogP contribution in [0.5, 0.6) is 0 Å². The third kappa shape index (κ3) is 2.70. The van der Waals surface area contributed by atoms with Crippen molar-refractivity contribution in [3.63, 3.8) is 0 Å². The average Bonchev–Trinajstić information content (AvgIpc) is 3.11. The second-order valence-corrected chi connectivity index (χ2v) is 6.16. The zero-order valence-electron chi connectivity index (χ0n) is 11.3. The van der Waals surface area contributed by atoms with Crippen LogP contribution >= 0.6 is 11.3 Å². The van der Waals surface area contributed by atoms with E-state index in [0.717, 1.165) is 30.6 Å². The minimum absolute atomic E-state index is 0.214. The molecule has 2 N–H and O–H groups in total. The molecule has 1 aliphatic heterocycles. The average molecular weight is 286 g/mol. The number of thiophene rings is 1. The first kappa shape index (κ1) is 13.2. The molecule has 1 amide bonds. The highest BCUT2D eigenvalue weighted by molar-refractivity contribution is 7.10. The van der Waals surface area contributed by atoms with E-state index in [-0.39, 0.29) is 11.9 Å². The number of carbonyl (C=O) groups is 1. The summed E-state index contributed by atoms with van der Waals surface area (Å²) in [5.41, 5.74) is 7.44. The number of hydrogen-bond donors (Lipinski definition) is 1. The van der Waals surface area contributed by atoms with Crippen LogP contribution in [0.3, 0.4) is 0 Å². The Bertz CT molecular complexity index is 577. The van der Waals surface area contributed by atoms with Crippen molar-refractivity contribution in [3.8, 4) is 0 Å². The van der Waals surface area contributed by atoms with Gasteiger partial charge >= 0.3 is 0 Å². The maximum absolute atomic E-state index is 12.5. The molecule has 0 radical (unpaired) electrons. The summed E-state index contributed by atoms with van der Waals surface area (Å²) in [6, 6.07) is 12.0. The standard InChI is InChI=1S/C16H18N2OS/c17-13-7-5-12(6-8-13)11-16(19)18-9-1-3-14(18)15-4-2-10-20-15/h2,4-8,10,14H,1,3,9,11,17H2. The van der Waals surface area contributed by atoms with Crippen molar-refractivity contribution in [2.24, 2.45) is 0 Å². The van der Waals surface area contributed by atoms with Gasteiger partial charge in [-0.05, 0) is 42.0 Å². The van der Waals surface area contributed by atoms with Crippen LogP contribution in [0.1, 0.15) is 29.3 Å². The van der Waals surface area contributed by atoms with Crippen molar-refractivity contribution in [2.75, 3.05) is 12.3 Å². The van der Waals surface area contributed by atoms with Gasteiger partial charge in [0.05, 0.1) is 12.5 Å². The van der Waals surface area contributed by atoms with Crippen molar-refractivity contribution in [1.29, 1.82) is 0 Å². The largest absolute Gasteiger partial charge is 0.399 e. The van der Waals surface area contributed by atoms with E-state index in [1.54, 1.807) is 11.3 Å². The molecule has 2 aromatic rings. The molecule has 104 valence electrons. The predicted octanol–water partition coefficient (Wildman–Crippen LogP) is 3.24. The fraction of sp³-hybridized carbons (Fsp3) is 0.312. The summed E-state index contributed by atoms with van der Waals surface area (Å²) < 4.78 is 0. The first-order valence-corrected chi connectivity index (χ1v) is 7.79. The van der Waals surface area contributed by atoms with Gasteiger partial charge in [-0.1, -0.05) is 18.2 Å². The molecule has 1 aromatic heterocycles. The van der Waals surface area contributed by atoms with Gasteiger partial charge in [-0.2, -0.15) is 0 Å². The summed E-state index contributed by atoms with van der Waals surface area (Å²) in [5.74, 6) is 0.214. The van der Waals surface area contributed by atoms with Gasteiger partial charge in [0, 0.05) is 17.1 Å². The predicted molar refractivity (Wildman–Crippen MR) is 82.6 cm³/mol. The summed E-state index contributed by atoms with van der Waals surface area (Å²) in [6.45, 7) is 0.871. The number of nitrogens with zero attached hydrogens (tertiary/aromatic N) is 1. The number of anilines is 1. The molecule has 0 saturated carbocycles. The molecule has 3 nitrogen and oxygen atoms in total. The Kier molecular flexibility index (Phi) is 3.74. The maximum Gasteiger partial charge on any atom is 0.227 e. The monoisotopic (exact) mass is 286 g/mol. The molecule has 1 fully saturated rings.